The SMILES string of the molecule is O=C(Nc1ccccc1)c1ncn2c1CN(C(=O)C1CC(O)C1)CCC2. The molecule has 0 spiro atoms. The molecule has 1 aliphatic carbocycles. The summed E-state index contributed by atoms with van der Waals surface area (Å²) in [5.41, 5.74) is 1.84. The average Bonchev–Trinajstić information content (AvgIpc) is 2.89. The predicted octanol–water partition coefficient (Wildman–Crippen LogP) is 1.64. The summed E-state index contributed by atoms with van der Waals surface area (Å²) in [4.78, 5) is 31.4. The third-order valence-corrected chi connectivity index (χ3v) is 5.13. The van der Waals surface area contributed by atoms with Gasteiger partial charge < -0.3 is 19.9 Å². The molecule has 1 aliphatic heterocycles. The molecule has 2 heterocycles. The van der Waals surface area contributed by atoms with Gasteiger partial charge in [0.2, 0.25) is 5.91 Å². The van der Waals surface area contributed by atoms with Crippen molar-refractivity contribution < 1.29 is 14.7 Å². The zero-order valence-electron chi connectivity index (χ0n) is 14.5. The van der Waals surface area contributed by atoms with Gasteiger partial charge in [-0.05, 0) is 31.4 Å². The van der Waals surface area contributed by atoms with Crippen LogP contribution in [0.1, 0.15) is 35.4 Å². The summed E-state index contributed by atoms with van der Waals surface area (Å²) in [7, 11) is 0. The number of benzene rings is 1. The van der Waals surface area contributed by atoms with E-state index in [9.17, 15) is 14.7 Å². The van der Waals surface area contributed by atoms with Crippen molar-refractivity contribution in [3.63, 3.8) is 0 Å². The van der Waals surface area contributed by atoms with Gasteiger partial charge in [0.25, 0.3) is 5.91 Å². The summed E-state index contributed by atoms with van der Waals surface area (Å²) >= 11 is 0. The Labute approximate surface area is 151 Å². The van der Waals surface area contributed by atoms with E-state index >= 15 is 0 Å². The highest BCUT2D eigenvalue weighted by molar-refractivity contribution is 6.03. The molecule has 136 valence electrons. The van der Waals surface area contributed by atoms with Gasteiger partial charge in [0.1, 0.15) is 0 Å². The van der Waals surface area contributed by atoms with Crippen LogP contribution >= 0.6 is 0 Å². The van der Waals surface area contributed by atoms with Crippen molar-refractivity contribution in [3.8, 4) is 0 Å². The fourth-order valence-electron chi connectivity index (χ4n) is 3.60. The van der Waals surface area contributed by atoms with Gasteiger partial charge in [-0.25, -0.2) is 4.98 Å². The first-order valence-electron chi connectivity index (χ1n) is 8.99. The number of carbonyl (C=O) groups is 2. The van der Waals surface area contributed by atoms with Crippen molar-refractivity contribution in [2.75, 3.05) is 11.9 Å². The molecule has 0 saturated heterocycles. The van der Waals surface area contributed by atoms with Crippen LogP contribution in [0.5, 0.6) is 0 Å². The Morgan fingerprint density at radius 2 is 1.92 bits per heavy atom. The van der Waals surface area contributed by atoms with Crippen LogP contribution in [0.4, 0.5) is 5.69 Å². The van der Waals surface area contributed by atoms with E-state index in [-0.39, 0.29) is 23.8 Å². The minimum Gasteiger partial charge on any atom is -0.393 e. The van der Waals surface area contributed by atoms with Gasteiger partial charge in [-0.1, -0.05) is 18.2 Å². The lowest BCUT2D eigenvalue weighted by Crippen LogP contribution is -2.43. The first kappa shape index (κ1) is 16.8. The molecule has 0 bridgehead atoms. The molecular formula is C19H22N4O3. The minimum absolute atomic E-state index is 0.0689. The molecule has 1 aromatic heterocycles. The number of hydrogen-bond acceptors (Lipinski definition) is 4. The predicted molar refractivity (Wildman–Crippen MR) is 95.4 cm³/mol. The molecule has 0 radical (unpaired) electrons. The highest BCUT2D eigenvalue weighted by Crippen LogP contribution is 2.30. The third-order valence-electron chi connectivity index (χ3n) is 5.13. The smallest absolute Gasteiger partial charge is 0.276 e. The summed E-state index contributed by atoms with van der Waals surface area (Å²) in [6, 6.07) is 9.25. The highest BCUT2D eigenvalue weighted by atomic mass is 16.3. The topological polar surface area (TPSA) is 87.5 Å². The van der Waals surface area contributed by atoms with Crippen LogP contribution in [-0.2, 0) is 17.9 Å². The second kappa shape index (κ2) is 6.92. The van der Waals surface area contributed by atoms with Gasteiger partial charge in [0, 0.05) is 24.7 Å². The molecule has 0 atom stereocenters. The number of rotatable bonds is 3. The summed E-state index contributed by atoms with van der Waals surface area (Å²) in [5, 5.41) is 12.3. The lowest BCUT2D eigenvalue weighted by atomic mass is 9.81. The van der Waals surface area contributed by atoms with Gasteiger partial charge in [0.05, 0.1) is 24.7 Å². The third kappa shape index (κ3) is 3.22. The van der Waals surface area contributed by atoms with Crippen molar-refractivity contribution in [2.24, 2.45) is 5.92 Å². The number of carbonyl (C=O) groups excluding carboxylic acids is 2. The number of hydrogen-bond donors (Lipinski definition) is 2. The second-order valence-electron chi connectivity index (χ2n) is 6.99. The Morgan fingerprint density at radius 3 is 2.65 bits per heavy atom. The number of imidazole rings is 1. The van der Waals surface area contributed by atoms with Crippen LogP contribution in [0.25, 0.3) is 0 Å². The number of anilines is 1. The lowest BCUT2D eigenvalue weighted by Gasteiger charge is -2.34. The largest absolute Gasteiger partial charge is 0.393 e. The average molecular weight is 354 g/mol. The van der Waals surface area contributed by atoms with E-state index in [1.54, 1.807) is 11.2 Å². The standard InChI is InChI=1S/C19H22N4O3/c24-15-9-13(10-15)19(26)22-7-4-8-23-12-20-17(16(23)11-22)18(25)21-14-5-2-1-3-6-14/h1-3,5-6,12-13,15,24H,4,7-11H2,(H,21,25). The number of aromatic nitrogens is 2. The summed E-state index contributed by atoms with van der Waals surface area (Å²) in [5.74, 6) is -0.293. The molecule has 2 N–H and O–H groups in total. The van der Waals surface area contributed by atoms with Gasteiger partial charge in [-0.3, -0.25) is 9.59 Å². The maximum absolute atomic E-state index is 12.7. The number of fused-ring (bicyclic) bond motifs is 1. The first-order valence-corrected chi connectivity index (χ1v) is 8.99. The zero-order chi connectivity index (χ0) is 18.1. The van der Waals surface area contributed by atoms with Gasteiger partial charge >= 0.3 is 0 Å². The lowest BCUT2D eigenvalue weighted by molar-refractivity contribution is -0.143. The van der Waals surface area contributed by atoms with E-state index in [2.05, 4.69) is 10.3 Å². The molecule has 2 aromatic rings. The van der Waals surface area contributed by atoms with E-state index in [0.717, 1.165) is 18.7 Å². The Kier molecular flexibility index (Phi) is 4.46. The molecule has 2 amide bonds. The van der Waals surface area contributed by atoms with Crippen LogP contribution in [0.3, 0.4) is 0 Å². The second-order valence-corrected chi connectivity index (χ2v) is 6.99. The van der Waals surface area contributed by atoms with Crippen LogP contribution in [-0.4, -0.2) is 44.0 Å². The zero-order valence-corrected chi connectivity index (χ0v) is 14.5. The minimum atomic E-state index is -0.353. The van der Waals surface area contributed by atoms with Gasteiger partial charge in [-0.2, -0.15) is 0 Å². The van der Waals surface area contributed by atoms with Crippen molar-refractivity contribution in [1.82, 2.24) is 14.5 Å². The molecular weight excluding hydrogens is 332 g/mol. The quantitative estimate of drug-likeness (QED) is 0.877. The Hall–Kier alpha value is -2.67. The molecule has 4 rings (SSSR count). The number of aliphatic hydroxyl groups is 1. The summed E-state index contributed by atoms with van der Waals surface area (Å²) in [6.45, 7) is 1.77. The van der Waals surface area contributed by atoms with E-state index in [1.165, 1.54) is 0 Å². The number of nitrogens with one attached hydrogen (secondary N) is 1. The maximum atomic E-state index is 12.7. The first-order chi connectivity index (χ1) is 12.6. The van der Waals surface area contributed by atoms with Crippen LogP contribution in [0, 0.1) is 5.92 Å². The van der Waals surface area contributed by atoms with E-state index in [0.29, 0.717) is 37.3 Å². The Morgan fingerprint density at radius 1 is 1.15 bits per heavy atom. The van der Waals surface area contributed by atoms with Crippen molar-refractivity contribution in [3.05, 3.63) is 48.0 Å². The number of para-hydroxylation sites is 1. The molecule has 7 heteroatoms. The van der Waals surface area contributed by atoms with Crippen molar-refractivity contribution in [1.29, 1.82) is 0 Å². The summed E-state index contributed by atoms with van der Waals surface area (Å²) in [6.07, 6.45) is 3.22. The monoisotopic (exact) mass is 354 g/mol. The van der Waals surface area contributed by atoms with Crippen LogP contribution in [0.15, 0.2) is 36.7 Å². The van der Waals surface area contributed by atoms with Crippen LogP contribution in [0.2, 0.25) is 0 Å². The molecule has 26 heavy (non-hydrogen) atoms. The number of aryl methyl sites for hydroxylation is 1. The number of nitrogens with zero attached hydrogens (tertiary/aromatic N) is 3. The Bertz CT molecular complexity index is 811. The fourth-order valence-corrected chi connectivity index (χ4v) is 3.60. The van der Waals surface area contributed by atoms with E-state index in [4.69, 9.17) is 0 Å². The number of amides is 2. The Balaban J connectivity index is 1.52. The molecule has 7 nitrogen and oxygen atoms in total. The summed E-state index contributed by atoms with van der Waals surface area (Å²) < 4.78 is 1.96. The van der Waals surface area contributed by atoms with Gasteiger partial charge in [-0.15, -0.1) is 0 Å². The maximum Gasteiger partial charge on any atom is 0.276 e. The fraction of sp³-hybridized carbons (Fsp3) is 0.421. The van der Waals surface area contributed by atoms with Crippen molar-refractivity contribution in [2.45, 2.75) is 38.5 Å². The van der Waals surface area contributed by atoms with E-state index in [1.807, 2.05) is 34.9 Å². The van der Waals surface area contributed by atoms with Gasteiger partial charge in [0.15, 0.2) is 5.69 Å². The molecule has 1 aromatic carbocycles. The molecule has 1 saturated carbocycles. The molecule has 1 fully saturated rings. The van der Waals surface area contributed by atoms with E-state index < -0.39 is 0 Å². The van der Waals surface area contributed by atoms with Crippen molar-refractivity contribution >= 4 is 17.5 Å². The normalized spacial score (nSPS) is 22.1. The molecule has 2 aliphatic rings. The molecule has 0 unspecified atom stereocenters. The highest BCUT2D eigenvalue weighted by Gasteiger charge is 2.37. The van der Waals surface area contributed by atoms with Crippen LogP contribution < -0.4 is 5.32 Å². The number of aliphatic hydroxyl groups excluding tert-OH is 1.